The lowest BCUT2D eigenvalue weighted by molar-refractivity contribution is -0.130. The molecule has 0 saturated heterocycles. The predicted molar refractivity (Wildman–Crippen MR) is 132 cm³/mol. The number of aromatic nitrogens is 3. The molecule has 0 N–H and O–H groups in total. The lowest BCUT2D eigenvalue weighted by Gasteiger charge is -2.23. The third-order valence-electron chi connectivity index (χ3n) is 6.25. The second-order valence-corrected chi connectivity index (χ2v) is 9.10. The minimum atomic E-state index is -2.93. The maximum absolute atomic E-state index is 13.6. The van der Waals surface area contributed by atoms with E-state index < -0.39 is 6.61 Å². The number of fused-ring (bicyclic) bond motifs is 1. The van der Waals surface area contributed by atoms with Gasteiger partial charge in [0.15, 0.2) is 5.58 Å². The van der Waals surface area contributed by atoms with E-state index >= 15 is 0 Å². The van der Waals surface area contributed by atoms with Crippen LogP contribution in [0, 0.1) is 5.92 Å². The lowest BCUT2D eigenvalue weighted by Crippen LogP contribution is -2.36. The first-order valence-corrected chi connectivity index (χ1v) is 12.0. The Balaban J connectivity index is 1.45. The van der Waals surface area contributed by atoms with E-state index in [4.69, 9.17) is 9.26 Å². The smallest absolute Gasteiger partial charge is 0.345 e. The fourth-order valence-electron chi connectivity index (χ4n) is 4.49. The monoisotopic (exact) mass is 508 g/mol. The maximum Gasteiger partial charge on any atom is 0.345 e. The van der Waals surface area contributed by atoms with E-state index in [1.165, 1.54) is 11.2 Å². The number of ether oxygens (including phenoxy) is 2. The first kappa shape index (κ1) is 24.8. The number of rotatable bonds is 10. The number of nitrogens with zero attached hydrogens (tertiary/aromatic N) is 4. The maximum atomic E-state index is 13.6. The van der Waals surface area contributed by atoms with Crippen LogP contribution in [0.2, 0.25) is 0 Å². The highest BCUT2D eigenvalue weighted by Crippen LogP contribution is 2.48. The topological polar surface area (TPSA) is 90.6 Å². The first-order valence-electron chi connectivity index (χ1n) is 12.0. The number of hydrogen-bond donors (Lipinski definition) is 0. The number of carbonyl (C=O) groups is 1. The molecule has 2 aromatic heterocycles. The molecule has 1 aliphatic rings. The minimum Gasteiger partial charge on any atom is -0.491 e. The zero-order valence-corrected chi connectivity index (χ0v) is 20.4. The average molecular weight is 509 g/mol. The zero-order chi connectivity index (χ0) is 25.9. The standard InChI is InChI=1S/C27H26F2N4O4/c1-16(2)36-18-5-3-17(4-6-18)19-7-8-24(25-22(19)14-32-37-25)33(11-12-35-27(28)29)26(34)21-13-20(21)23-9-10-30-15-31-23/h3-10,14-16,20-21,27H,11-13H2,1-2H3/t20-,21-/m1/s1. The summed E-state index contributed by atoms with van der Waals surface area (Å²) in [7, 11) is 0. The number of carbonyl (C=O) groups excluding carboxylic acids is 1. The van der Waals surface area contributed by atoms with E-state index in [-0.39, 0.29) is 37.0 Å². The van der Waals surface area contributed by atoms with Crippen LogP contribution in [0.3, 0.4) is 0 Å². The van der Waals surface area contributed by atoms with Gasteiger partial charge in [0, 0.05) is 30.3 Å². The Morgan fingerprint density at radius 1 is 1.16 bits per heavy atom. The van der Waals surface area contributed by atoms with Gasteiger partial charge in [-0.2, -0.15) is 8.78 Å². The molecule has 10 heteroatoms. The Morgan fingerprint density at radius 3 is 2.68 bits per heavy atom. The number of benzene rings is 2. The highest BCUT2D eigenvalue weighted by Gasteiger charge is 2.47. The van der Waals surface area contributed by atoms with Gasteiger partial charge in [0.25, 0.3) is 0 Å². The molecule has 1 saturated carbocycles. The van der Waals surface area contributed by atoms with Crippen molar-refractivity contribution in [2.75, 3.05) is 18.1 Å². The predicted octanol–water partition coefficient (Wildman–Crippen LogP) is 5.45. The number of amides is 1. The Morgan fingerprint density at radius 2 is 1.97 bits per heavy atom. The molecule has 4 aromatic rings. The van der Waals surface area contributed by atoms with E-state index in [1.807, 2.05) is 44.2 Å². The Kier molecular flexibility index (Phi) is 7.09. The van der Waals surface area contributed by atoms with Crippen LogP contribution in [-0.2, 0) is 9.53 Å². The molecule has 1 aliphatic carbocycles. The third-order valence-corrected chi connectivity index (χ3v) is 6.25. The van der Waals surface area contributed by atoms with Crippen LogP contribution in [0.1, 0.15) is 31.9 Å². The van der Waals surface area contributed by atoms with Crippen LogP contribution in [0.5, 0.6) is 5.75 Å². The fourth-order valence-corrected chi connectivity index (χ4v) is 4.49. The quantitative estimate of drug-likeness (QED) is 0.281. The summed E-state index contributed by atoms with van der Waals surface area (Å²) in [6.07, 6.45) is 5.35. The van der Waals surface area contributed by atoms with Gasteiger partial charge in [-0.1, -0.05) is 23.4 Å². The van der Waals surface area contributed by atoms with Gasteiger partial charge < -0.3 is 18.9 Å². The third kappa shape index (κ3) is 5.43. The normalized spacial score (nSPS) is 16.9. The van der Waals surface area contributed by atoms with E-state index in [1.54, 1.807) is 24.5 Å². The SMILES string of the molecule is CC(C)Oc1ccc(-c2ccc(N(CCOC(F)F)C(=O)[C@@H]3C[C@H]3c3ccncn3)c3oncc23)cc1. The molecule has 0 aliphatic heterocycles. The van der Waals surface area contributed by atoms with Crippen molar-refractivity contribution < 1.29 is 27.6 Å². The molecule has 2 aromatic carbocycles. The average Bonchev–Trinajstić information content (AvgIpc) is 3.54. The van der Waals surface area contributed by atoms with Gasteiger partial charge in [-0.15, -0.1) is 0 Å². The second-order valence-electron chi connectivity index (χ2n) is 9.10. The van der Waals surface area contributed by atoms with Crippen molar-refractivity contribution in [2.45, 2.75) is 38.9 Å². The largest absolute Gasteiger partial charge is 0.491 e. The van der Waals surface area contributed by atoms with Gasteiger partial charge >= 0.3 is 6.61 Å². The molecule has 0 bridgehead atoms. The van der Waals surface area contributed by atoms with Crippen molar-refractivity contribution in [1.29, 1.82) is 0 Å². The minimum absolute atomic E-state index is 0.0509. The second kappa shape index (κ2) is 10.6. The van der Waals surface area contributed by atoms with E-state index in [0.717, 1.165) is 22.6 Å². The highest BCUT2D eigenvalue weighted by molar-refractivity contribution is 6.07. The number of anilines is 1. The molecule has 8 nitrogen and oxygen atoms in total. The zero-order valence-electron chi connectivity index (χ0n) is 20.4. The Bertz CT molecular complexity index is 1360. The summed E-state index contributed by atoms with van der Waals surface area (Å²) in [5.41, 5.74) is 3.40. The summed E-state index contributed by atoms with van der Waals surface area (Å²) in [5.74, 6) is 0.176. The van der Waals surface area contributed by atoms with Crippen molar-refractivity contribution in [3.8, 4) is 16.9 Å². The summed E-state index contributed by atoms with van der Waals surface area (Å²) >= 11 is 0. The molecule has 37 heavy (non-hydrogen) atoms. The fraction of sp³-hybridized carbons (Fsp3) is 0.333. The van der Waals surface area contributed by atoms with Gasteiger partial charge in [-0.3, -0.25) is 4.79 Å². The van der Waals surface area contributed by atoms with Crippen molar-refractivity contribution in [2.24, 2.45) is 5.92 Å². The van der Waals surface area contributed by atoms with Gasteiger partial charge in [0.2, 0.25) is 5.91 Å². The summed E-state index contributed by atoms with van der Waals surface area (Å²) < 4.78 is 41.2. The van der Waals surface area contributed by atoms with Crippen molar-refractivity contribution in [1.82, 2.24) is 15.1 Å². The first-order chi connectivity index (χ1) is 17.9. The summed E-state index contributed by atoms with van der Waals surface area (Å²) in [6.45, 7) is 0.603. The molecular weight excluding hydrogens is 482 g/mol. The lowest BCUT2D eigenvalue weighted by atomic mass is 10.0. The van der Waals surface area contributed by atoms with Crippen LogP contribution < -0.4 is 9.64 Å². The molecule has 192 valence electrons. The van der Waals surface area contributed by atoms with Gasteiger partial charge in [-0.25, -0.2) is 9.97 Å². The Labute approximate surface area is 212 Å². The molecule has 2 atom stereocenters. The molecule has 5 rings (SSSR count). The van der Waals surface area contributed by atoms with Gasteiger partial charge in [-0.05, 0) is 55.7 Å². The van der Waals surface area contributed by atoms with E-state index in [0.29, 0.717) is 23.1 Å². The molecule has 1 amide bonds. The van der Waals surface area contributed by atoms with E-state index in [9.17, 15) is 13.6 Å². The molecule has 2 heterocycles. The molecule has 0 radical (unpaired) electrons. The van der Waals surface area contributed by atoms with Crippen LogP contribution >= 0.6 is 0 Å². The molecule has 0 unspecified atom stereocenters. The van der Waals surface area contributed by atoms with Crippen molar-refractivity contribution in [3.63, 3.8) is 0 Å². The van der Waals surface area contributed by atoms with Gasteiger partial charge in [0.1, 0.15) is 12.1 Å². The van der Waals surface area contributed by atoms with Crippen LogP contribution in [0.25, 0.3) is 22.1 Å². The summed E-state index contributed by atoms with van der Waals surface area (Å²) in [5, 5.41) is 4.67. The molecular formula is C27H26F2N4O4. The summed E-state index contributed by atoms with van der Waals surface area (Å²) in [4.78, 5) is 23.2. The summed E-state index contributed by atoms with van der Waals surface area (Å²) in [6, 6.07) is 13.1. The van der Waals surface area contributed by atoms with Crippen molar-refractivity contribution in [3.05, 3.63) is 66.9 Å². The molecule has 1 fully saturated rings. The number of halogens is 2. The Hall–Kier alpha value is -3.92. The van der Waals surface area contributed by atoms with Gasteiger partial charge in [0.05, 0.1) is 30.0 Å². The van der Waals surface area contributed by atoms with E-state index in [2.05, 4.69) is 19.9 Å². The highest BCUT2D eigenvalue weighted by atomic mass is 19.3. The molecule has 0 spiro atoms. The van der Waals surface area contributed by atoms with Crippen molar-refractivity contribution >= 4 is 22.6 Å². The van der Waals surface area contributed by atoms with Crippen LogP contribution in [-0.4, -0.2) is 46.9 Å². The van der Waals surface area contributed by atoms with Crippen LogP contribution in [0.4, 0.5) is 14.5 Å². The van der Waals surface area contributed by atoms with Crippen LogP contribution in [0.15, 0.2) is 65.7 Å². The number of alkyl halides is 2. The number of hydrogen-bond acceptors (Lipinski definition) is 7.